The van der Waals surface area contributed by atoms with Gasteiger partial charge in [-0.3, -0.25) is 9.59 Å². The van der Waals surface area contributed by atoms with E-state index in [1.807, 2.05) is 12.2 Å². The molecule has 0 bridgehead atoms. The highest BCUT2D eigenvalue weighted by Crippen LogP contribution is 2.16. The molecule has 0 aromatic rings. The Bertz CT molecular complexity index is 655. The van der Waals surface area contributed by atoms with Gasteiger partial charge in [0.15, 0.2) is 0 Å². The molecule has 1 N–H and O–H groups in total. The number of carboxylic acid groups (broad SMARTS) is 1. The zero-order valence-electron chi connectivity index (χ0n) is 22.3. The van der Waals surface area contributed by atoms with Crippen molar-refractivity contribution in [3.63, 3.8) is 0 Å². The Morgan fingerprint density at radius 3 is 1.63 bits per heavy atom. The van der Waals surface area contributed by atoms with Crippen molar-refractivity contribution in [1.82, 2.24) is 0 Å². The quantitative estimate of drug-likeness (QED) is 0.0888. The third-order valence-electron chi connectivity index (χ3n) is 5.54. The number of rotatable bonds is 23. The van der Waals surface area contributed by atoms with E-state index in [0.717, 1.165) is 64.2 Å². The Morgan fingerprint density at radius 2 is 1.14 bits per heavy atom. The predicted octanol–water partition coefficient (Wildman–Crippen LogP) is 9.05. The van der Waals surface area contributed by atoms with Crippen LogP contribution in [-0.2, 0) is 14.3 Å². The maximum Gasteiger partial charge on any atom is 0.309 e. The number of carbonyl (C=O) groups excluding carboxylic acids is 1. The number of ether oxygens (including phenoxy) is 1. The molecule has 35 heavy (non-hydrogen) atoms. The smallest absolute Gasteiger partial charge is 0.309 e. The van der Waals surface area contributed by atoms with Gasteiger partial charge in [-0.05, 0) is 64.2 Å². The zero-order chi connectivity index (χ0) is 25.8. The topological polar surface area (TPSA) is 63.6 Å². The molecule has 0 aliphatic carbocycles. The molecule has 1 unspecified atom stereocenters. The molecule has 0 rings (SSSR count). The lowest BCUT2D eigenvalue weighted by Gasteiger charge is -2.17. The lowest BCUT2D eigenvalue weighted by Crippen LogP contribution is -2.18. The standard InChI is InChI=1S/C31H50O4/c1-3-5-7-9-10-11-12-13-14-15-16-17-18-19-24-28-31(34)35-29(25-21-8-6-4-2)26-22-20-23-27-30(32)33/h5,7,10-11,13-14,16-17,19,24,29H,3-4,6,8-9,12,15,18,20-23,25-28H2,1-2H3,(H,32,33)/b7-5-,11-10-,14-13-,17-16-,24-19-. The van der Waals surface area contributed by atoms with Crippen molar-refractivity contribution in [2.75, 3.05) is 0 Å². The summed E-state index contributed by atoms with van der Waals surface area (Å²) >= 11 is 0. The minimum Gasteiger partial charge on any atom is -0.481 e. The fourth-order valence-electron chi connectivity index (χ4n) is 3.55. The van der Waals surface area contributed by atoms with E-state index in [0.29, 0.717) is 12.8 Å². The second-order valence-corrected chi connectivity index (χ2v) is 8.87. The van der Waals surface area contributed by atoms with Crippen molar-refractivity contribution < 1.29 is 19.4 Å². The van der Waals surface area contributed by atoms with Crippen LogP contribution in [0.5, 0.6) is 0 Å². The van der Waals surface area contributed by atoms with Gasteiger partial charge in [-0.15, -0.1) is 0 Å². The number of carbonyl (C=O) groups is 2. The summed E-state index contributed by atoms with van der Waals surface area (Å²) in [7, 11) is 0. The second kappa shape index (κ2) is 26.2. The van der Waals surface area contributed by atoms with Crippen molar-refractivity contribution in [3.8, 4) is 0 Å². The number of unbranched alkanes of at least 4 members (excludes halogenated alkanes) is 5. The summed E-state index contributed by atoms with van der Waals surface area (Å²) in [6.45, 7) is 4.33. The minimum atomic E-state index is -0.746. The van der Waals surface area contributed by atoms with Gasteiger partial charge in [-0.25, -0.2) is 0 Å². The first-order valence-electron chi connectivity index (χ1n) is 13.8. The Balaban J connectivity index is 4.09. The van der Waals surface area contributed by atoms with Crippen LogP contribution >= 0.6 is 0 Å². The number of carboxylic acids is 1. The molecule has 0 saturated heterocycles. The van der Waals surface area contributed by atoms with Crippen LogP contribution in [0.3, 0.4) is 0 Å². The van der Waals surface area contributed by atoms with Crippen molar-refractivity contribution in [2.45, 2.75) is 123 Å². The predicted molar refractivity (Wildman–Crippen MR) is 148 cm³/mol. The molecule has 0 spiro atoms. The highest BCUT2D eigenvalue weighted by atomic mass is 16.5. The average Bonchev–Trinajstić information content (AvgIpc) is 2.83. The molecular weight excluding hydrogens is 436 g/mol. The number of aliphatic carboxylic acids is 1. The molecule has 0 radical (unpaired) electrons. The van der Waals surface area contributed by atoms with Crippen LogP contribution in [0.4, 0.5) is 0 Å². The SMILES string of the molecule is CC/C=C\C/C=C\C/C=C\C/C=C\C/C=C\CC(=O)OC(CCCCCC)CCCCCC(=O)O. The van der Waals surface area contributed by atoms with Gasteiger partial charge in [0.25, 0.3) is 0 Å². The summed E-state index contributed by atoms with van der Waals surface area (Å²) in [5.74, 6) is -0.915. The molecule has 0 heterocycles. The van der Waals surface area contributed by atoms with Crippen molar-refractivity contribution in [2.24, 2.45) is 0 Å². The third-order valence-corrected chi connectivity index (χ3v) is 5.54. The molecule has 4 nitrogen and oxygen atoms in total. The van der Waals surface area contributed by atoms with Gasteiger partial charge in [0.2, 0.25) is 0 Å². The zero-order valence-corrected chi connectivity index (χ0v) is 22.3. The average molecular weight is 487 g/mol. The monoisotopic (exact) mass is 486 g/mol. The minimum absolute atomic E-state index is 0.0492. The van der Waals surface area contributed by atoms with Gasteiger partial charge >= 0.3 is 11.9 Å². The first kappa shape index (κ1) is 32.6. The molecule has 0 aromatic carbocycles. The Morgan fingerprint density at radius 1 is 0.657 bits per heavy atom. The highest BCUT2D eigenvalue weighted by Gasteiger charge is 2.13. The summed E-state index contributed by atoms with van der Waals surface area (Å²) in [5.41, 5.74) is 0. The van der Waals surface area contributed by atoms with Gasteiger partial charge in [-0.2, -0.15) is 0 Å². The van der Waals surface area contributed by atoms with Crippen LogP contribution in [0, 0.1) is 0 Å². The van der Waals surface area contributed by atoms with Crippen LogP contribution in [0.25, 0.3) is 0 Å². The molecule has 0 saturated carbocycles. The van der Waals surface area contributed by atoms with E-state index < -0.39 is 5.97 Å². The first-order chi connectivity index (χ1) is 17.1. The summed E-state index contributed by atoms with van der Waals surface area (Å²) < 4.78 is 5.73. The van der Waals surface area contributed by atoms with E-state index in [9.17, 15) is 9.59 Å². The fourth-order valence-corrected chi connectivity index (χ4v) is 3.55. The second-order valence-electron chi connectivity index (χ2n) is 8.87. The summed E-state index contributed by atoms with van der Waals surface area (Å²) in [4.78, 5) is 22.9. The van der Waals surface area contributed by atoms with Crippen LogP contribution in [0.1, 0.15) is 117 Å². The summed E-state index contributed by atoms with van der Waals surface area (Å²) in [5, 5.41) is 8.75. The molecule has 0 amide bonds. The van der Waals surface area contributed by atoms with Crippen molar-refractivity contribution >= 4 is 11.9 Å². The number of allylic oxidation sites excluding steroid dienone is 9. The van der Waals surface area contributed by atoms with Crippen LogP contribution in [-0.4, -0.2) is 23.1 Å². The normalized spacial score (nSPS) is 13.2. The Labute approximate surface area is 214 Å². The fraction of sp³-hybridized carbons (Fsp3) is 0.613. The van der Waals surface area contributed by atoms with E-state index in [2.05, 4.69) is 62.5 Å². The van der Waals surface area contributed by atoms with E-state index in [1.54, 1.807) is 0 Å². The summed E-state index contributed by atoms with van der Waals surface area (Å²) in [6, 6.07) is 0. The number of hydrogen-bond acceptors (Lipinski definition) is 3. The van der Waals surface area contributed by atoms with E-state index in [-0.39, 0.29) is 18.5 Å². The van der Waals surface area contributed by atoms with Crippen LogP contribution < -0.4 is 0 Å². The lowest BCUT2D eigenvalue weighted by atomic mass is 10.0. The van der Waals surface area contributed by atoms with Crippen LogP contribution in [0.2, 0.25) is 0 Å². The number of hydrogen-bond donors (Lipinski definition) is 1. The van der Waals surface area contributed by atoms with E-state index in [4.69, 9.17) is 9.84 Å². The molecule has 198 valence electrons. The molecule has 4 heteroatoms. The van der Waals surface area contributed by atoms with Crippen molar-refractivity contribution in [1.29, 1.82) is 0 Å². The highest BCUT2D eigenvalue weighted by molar-refractivity contribution is 5.71. The van der Waals surface area contributed by atoms with Crippen molar-refractivity contribution in [3.05, 3.63) is 60.8 Å². The van der Waals surface area contributed by atoms with E-state index >= 15 is 0 Å². The largest absolute Gasteiger partial charge is 0.481 e. The van der Waals surface area contributed by atoms with Gasteiger partial charge in [-0.1, -0.05) is 100 Å². The molecular formula is C31H50O4. The Kier molecular flexibility index (Phi) is 24.5. The van der Waals surface area contributed by atoms with Crippen LogP contribution in [0.15, 0.2) is 60.8 Å². The first-order valence-corrected chi connectivity index (χ1v) is 13.8. The van der Waals surface area contributed by atoms with Gasteiger partial charge in [0.1, 0.15) is 6.10 Å². The maximum absolute atomic E-state index is 12.3. The molecule has 0 fully saturated rings. The van der Waals surface area contributed by atoms with Gasteiger partial charge < -0.3 is 9.84 Å². The Hall–Kier alpha value is -2.36. The lowest BCUT2D eigenvalue weighted by molar-refractivity contribution is -0.148. The number of esters is 1. The third kappa shape index (κ3) is 26.1. The molecule has 0 aliphatic heterocycles. The van der Waals surface area contributed by atoms with E-state index in [1.165, 1.54) is 19.3 Å². The molecule has 1 atom stereocenters. The van der Waals surface area contributed by atoms with Gasteiger partial charge in [0.05, 0.1) is 6.42 Å². The maximum atomic E-state index is 12.3. The molecule has 0 aliphatic rings. The summed E-state index contributed by atoms with van der Waals surface area (Å²) in [6.07, 6.45) is 35.4. The molecule has 0 aromatic heterocycles. The van der Waals surface area contributed by atoms with Gasteiger partial charge in [0, 0.05) is 6.42 Å².